The summed E-state index contributed by atoms with van der Waals surface area (Å²) in [6.07, 6.45) is 3.66. The summed E-state index contributed by atoms with van der Waals surface area (Å²) in [7, 11) is 0. The molecule has 1 saturated carbocycles. The molecule has 3 rings (SSSR count). The van der Waals surface area contributed by atoms with Crippen molar-refractivity contribution in [3.05, 3.63) is 22.9 Å². The van der Waals surface area contributed by atoms with Crippen LogP contribution in [-0.4, -0.2) is 42.2 Å². The molecule has 0 unspecified atom stereocenters. The van der Waals surface area contributed by atoms with Crippen LogP contribution >= 0.6 is 0 Å². The Bertz CT molecular complexity index is 560. The predicted molar refractivity (Wildman–Crippen MR) is 69.5 cm³/mol. The number of alkyl halides is 1. The van der Waals surface area contributed by atoms with Gasteiger partial charge in [0, 0.05) is 11.5 Å². The Morgan fingerprint density at radius 2 is 2.23 bits per heavy atom. The zero-order chi connectivity index (χ0) is 15.1. The van der Waals surface area contributed by atoms with E-state index in [2.05, 4.69) is 0 Å². The number of β-lactam (4-membered cyclic amide) rings is 1. The van der Waals surface area contributed by atoms with Crippen molar-refractivity contribution < 1.29 is 53.4 Å². The SMILES string of the molecule is C/C=C1/C(=O)N2C(C(=O)[O-])=C3[C@@H](OCCF)CCC[C@@H]3[C@H]12.[Na+]. The van der Waals surface area contributed by atoms with Gasteiger partial charge in [-0.1, -0.05) is 6.08 Å². The van der Waals surface area contributed by atoms with Gasteiger partial charge in [0.15, 0.2) is 0 Å². The van der Waals surface area contributed by atoms with Crippen LogP contribution < -0.4 is 34.7 Å². The van der Waals surface area contributed by atoms with Gasteiger partial charge in [0.05, 0.1) is 30.4 Å². The van der Waals surface area contributed by atoms with E-state index < -0.39 is 18.7 Å². The van der Waals surface area contributed by atoms with Gasteiger partial charge in [0.25, 0.3) is 5.91 Å². The molecule has 22 heavy (non-hydrogen) atoms. The summed E-state index contributed by atoms with van der Waals surface area (Å²) in [5.74, 6) is -1.66. The molecule has 1 amide bonds. The van der Waals surface area contributed by atoms with Gasteiger partial charge in [0.2, 0.25) is 0 Å². The molecular weight excluding hydrogens is 300 g/mol. The number of allylic oxidation sites excluding steroid dienone is 1. The number of carbonyl (C=O) groups is 2. The van der Waals surface area contributed by atoms with Crippen molar-refractivity contribution in [2.75, 3.05) is 13.3 Å². The monoisotopic (exact) mass is 317 g/mol. The third-order valence-electron chi connectivity index (χ3n) is 4.59. The molecule has 0 N–H and O–H groups in total. The van der Waals surface area contributed by atoms with Gasteiger partial charge in [-0.15, -0.1) is 0 Å². The Kier molecular flexibility index (Phi) is 5.48. The van der Waals surface area contributed by atoms with E-state index in [1.807, 2.05) is 0 Å². The van der Waals surface area contributed by atoms with Crippen molar-refractivity contribution in [3.8, 4) is 0 Å². The van der Waals surface area contributed by atoms with E-state index in [-0.39, 0.29) is 59.7 Å². The number of carbonyl (C=O) groups excluding carboxylic acids is 2. The topological polar surface area (TPSA) is 69.7 Å². The van der Waals surface area contributed by atoms with Gasteiger partial charge >= 0.3 is 29.6 Å². The Balaban J connectivity index is 0.00000176. The number of hydrogen-bond donors (Lipinski definition) is 0. The average molecular weight is 317 g/mol. The molecule has 1 aliphatic carbocycles. The van der Waals surface area contributed by atoms with Crippen molar-refractivity contribution in [1.82, 2.24) is 4.90 Å². The van der Waals surface area contributed by atoms with Gasteiger partial charge in [-0.25, -0.2) is 4.39 Å². The number of rotatable bonds is 4. The largest absolute Gasteiger partial charge is 1.00 e. The number of ether oxygens (including phenoxy) is 1. The van der Waals surface area contributed by atoms with Crippen LogP contribution in [0.15, 0.2) is 22.9 Å². The van der Waals surface area contributed by atoms with E-state index in [1.165, 1.54) is 4.90 Å². The van der Waals surface area contributed by atoms with Crippen molar-refractivity contribution in [2.45, 2.75) is 38.3 Å². The first-order valence-electron chi connectivity index (χ1n) is 7.24. The summed E-state index contributed by atoms with van der Waals surface area (Å²) < 4.78 is 17.8. The number of aliphatic carboxylic acids is 1. The van der Waals surface area contributed by atoms with Crippen LogP contribution in [0.1, 0.15) is 26.2 Å². The summed E-state index contributed by atoms with van der Waals surface area (Å²) in [6, 6.07) is -0.206. The predicted octanol–water partition coefficient (Wildman–Crippen LogP) is -2.68. The molecule has 3 atom stereocenters. The molecule has 0 bridgehead atoms. The Hall–Kier alpha value is -0.690. The summed E-state index contributed by atoms with van der Waals surface area (Å²) >= 11 is 0. The maximum Gasteiger partial charge on any atom is 1.00 e. The summed E-state index contributed by atoms with van der Waals surface area (Å²) in [5, 5.41) is 11.5. The summed E-state index contributed by atoms with van der Waals surface area (Å²) in [4.78, 5) is 24.9. The number of carboxylic acid groups (broad SMARTS) is 1. The van der Waals surface area contributed by atoms with Crippen LogP contribution in [0.4, 0.5) is 4.39 Å². The quantitative estimate of drug-likeness (QED) is 0.322. The minimum absolute atomic E-state index is 0. The van der Waals surface area contributed by atoms with Crippen molar-refractivity contribution in [2.24, 2.45) is 5.92 Å². The second-order valence-corrected chi connectivity index (χ2v) is 5.54. The number of hydrogen-bond acceptors (Lipinski definition) is 4. The fourth-order valence-electron chi connectivity index (χ4n) is 3.84. The van der Waals surface area contributed by atoms with E-state index in [0.717, 1.165) is 12.8 Å². The van der Waals surface area contributed by atoms with E-state index in [1.54, 1.807) is 13.0 Å². The molecule has 0 aromatic carbocycles. The van der Waals surface area contributed by atoms with E-state index in [4.69, 9.17) is 4.74 Å². The van der Waals surface area contributed by atoms with Crippen LogP contribution in [0.3, 0.4) is 0 Å². The molecule has 2 fully saturated rings. The van der Waals surface area contributed by atoms with Gasteiger partial charge in [-0.3, -0.25) is 9.69 Å². The molecule has 7 heteroatoms. The van der Waals surface area contributed by atoms with Crippen LogP contribution in [0.2, 0.25) is 0 Å². The van der Waals surface area contributed by atoms with Crippen LogP contribution in [0.25, 0.3) is 0 Å². The third kappa shape index (κ3) is 2.46. The molecule has 2 heterocycles. The molecule has 114 valence electrons. The fraction of sp³-hybridized carbons (Fsp3) is 0.600. The first-order valence-corrected chi connectivity index (χ1v) is 7.24. The van der Waals surface area contributed by atoms with E-state index in [0.29, 0.717) is 17.6 Å². The maximum atomic E-state index is 12.3. The molecule has 1 saturated heterocycles. The van der Waals surface area contributed by atoms with Crippen LogP contribution in [-0.2, 0) is 14.3 Å². The first kappa shape index (κ1) is 17.7. The van der Waals surface area contributed by atoms with Crippen molar-refractivity contribution in [1.29, 1.82) is 0 Å². The molecule has 0 spiro atoms. The normalized spacial score (nSPS) is 31.5. The number of carboxylic acids is 1. The van der Waals surface area contributed by atoms with Gasteiger partial charge in [0.1, 0.15) is 6.67 Å². The second-order valence-electron chi connectivity index (χ2n) is 5.54. The standard InChI is InChI=1S/C15H18FNO4.Na/c1-2-8-12-9-4-3-5-10(21-7-6-16)11(9)13(15(19)20)17(12)14(8)18;/h2,9-10,12H,3-7H2,1H3,(H,19,20);/q;+1/p-1/b8-2+;/t9-,10-,12-;/m0./s1. The molecule has 3 aliphatic rings. The molecule has 0 aromatic heterocycles. The number of halogens is 1. The van der Waals surface area contributed by atoms with Gasteiger partial charge in [-0.2, -0.15) is 0 Å². The van der Waals surface area contributed by atoms with Crippen molar-refractivity contribution in [3.63, 3.8) is 0 Å². The molecule has 0 radical (unpaired) electrons. The summed E-state index contributed by atoms with van der Waals surface area (Å²) in [5.41, 5.74) is 1.22. The average Bonchev–Trinajstić information content (AvgIpc) is 2.77. The van der Waals surface area contributed by atoms with Crippen molar-refractivity contribution >= 4 is 11.9 Å². The number of fused-ring (bicyclic) bond motifs is 3. The van der Waals surface area contributed by atoms with Gasteiger partial charge in [-0.05, 0) is 31.8 Å². The molecular formula is C15H17FNNaO4. The second kappa shape index (κ2) is 6.83. The minimum Gasteiger partial charge on any atom is -0.543 e. The maximum absolute atomic E-state index is 12.3. The molecule has 2 aliphatic heterocycles. The fourth-order valence-corrected chi connectivity index (χ4v) is 3.84. The smallest absolute Gasteiger partial charge is 0.543 e. The minimum atomic E-state index is -1.35. The number of nitrogens with zero attached hydrogens (tertiary/aromatic N) is 1. The molecule has 5 nitrogen and oxygen atoms in total. The van der Waals surface area contributed by atoms with Crippen LogP contribution in [0.5, 0.6) is 0 Å². The third-order valence-corrected chi connectivity index (χ3v) is 4.59. The zero-order valence-corrected chi connectivity index (χ0v) is 14.8. The summed E-state index contributed by atoms with van der Waals surface area (Å²) in [6.45, 7) is 1.11. The number of amides is 1. The van der Waals surface area contributed by atoms with Gasteiger partial charge < -0.3 is 14.6 Å². The zero-order valence-electron chi connectivity index (χ0n) is 12.8. The van der Waals surface area contributed by atoms with Crippen LogP contribution in [0, 0.1) is 5.92 Å². The Labute approximate surface area is 150 Å². The Morgan fingerprint density at radius 1 is 1.50 bits per heavy atom. The Morgan fingerprint density at radius 3 is 2.82 bits per heavy atom. The van der Waals surface area contributed by atoms with E-state index in [9.17, 15) is 19.1 Å². The first-order chi connectivity index (χ1) is 10.1. The molecule has 0 aromatic rings. The van der Waals surface area contributed by atoms with E-state index >= 15 is 0 Å².